The van der Waals surface area contributed by atoms with Gasteiger partial charge in [-0.1, -0.05) is 36.9 Å². The molecular weight excluding hydrogens is 268 g/mol. The van der Waals surface area contributed by atoms with Gasteiger partial charge in [0.1, 0.15) is 5.82 Å². The molecule has 1 aromatic heterocycles. The standard InChI is InChI=1S/C15H12N4O2/c1-4-11-12(15(20)21-3)18-14(19-13(11)16)9-5-7-10(17-2)8-6-9/h4-8H,1H2,3H3,(H2,16,18,19). The fraction of sp³-hybridized carbons (Fsp3) is 0.0667. The summed E-state index contributed by atoms with van der Waals surface area (Å²) < 4.78 is 4.69. The van der Waals surface area contributed by atoms with Crippen LogP contribution in [0.3, 0.4) is 0 Å². The zero-order chi connectivity index (χ0) is 15.4. The Morgan fingerprint density at radius 3 is 2.57 bits per heavy atom. The fourth-order valence-corrected chi connectivity index (χ4v) is 1.75. The number of nitrogens with two attached hydrogens (primary N) is 1. The number of carbonyl (C=O) groups excluding carboxylic acids is 1. The third-order valence-electron chi connectivity index (χ3n) is 2.81. The van der Waals surface area contributed by atoms with E-state index in [1.807, 2.05) is 0 Å². The molecule has 0 aliphatic carbocycles. The van der Waals surface area contributed by atoms with Crippen molar-refractivity contribution in [3.63, 3.8) is 0 Å². The maximum atomic E-state index is 11.8. The van der Waals surface area contributed by atoms with Crippen molar-refractivity contribution in [2.75, 3.05) is 12.8 Å². The van der Waals surface area contributed by atoms with Crippen LogP contribution in [0.1, 0.15) is 16.1 Å². The maximum absolute atomic E-state index is 11.8. The van der Waals surface area contributed by atoms with Gasteiger partial charge in [-0.25, -0.2) is 19.6 Å². The smallest absolute Gasteiger partial charge is 0.357 e. The average Bonchev–Trinajstić information content (AvgIpc) is 2.53. The quantitative estimate of drug-likeness (QED) is 0.690. The molecule has 0 atom stereocenters. The van der Waals surface area contributed by atoms with Gasteiger partial charge in [-0.3, -0.25) is 0 Å². The lowest BCUT2D eigenvalue weighted by Gasteiger charge is -2.09. The predicted molar refractivity (Wildman–Crippen MR) is 79.6 cm³/mol. The minimum Gasteiger partial charge on any atom is -0.464 e. The number of ether oxygens (including phenoxy) is 1. The van der Waals surface area contributed by atoms with Crippen molar-refractivity contribution in [2.24, 2.45) is 0 Å². The van der Waals surface area contributed by atoms with E-state index in [-0.39, 0.29) is 17.3 Å². The van der Waals surface area contributed by atoms with E-state index < -0.39 is 5.97 Å². The molecule has 0 radical (unpaired) electrons. The fourth-order valence-electron chi connectivity index (χ4n) is 1.75. The summed E-state index contributed by atoms with van der Waals surface area (Å²) in [5.74, 6) is -0.183. The molecule has 104 valence electrons. The average molecular weight is 280 g/mol. The molecule has 21 heavy (non-hydrogen) atoms. The summed E-state index contributed by atoms with van der Waals surface area (Å²) in [5.41, 5.74) is 7.39. The summed E-state index contributed by atoms with van der Waals surface area (Å²) in [6.45, 7) is 10.5. The van der Waals surface area contributed by atoms with Crippen molar-refractivity contribution in [1.82, 2.24) is 9.97 Å². The molecule has 6 nitrogen and oxygen atoms in total. The summed E-state index contributed by atoms with van der Waals surface area (Å²) in [6, 6.07) is 6.66. The Morgan fingerprint density at radius 1 is 1.38 bits per heavy atom. The van der Waals surface area contributed by atoms with E-state index in [1.54, 1.807) is 24.3 Å². The van der Waals surface area contributed by atoms with Gasteiger partial charge in [-0.15, -0.1) is 0 Å². The van der Waals surface area contributed by atoms with Gasteiger partial charge in [0.2, 0.25) is 0 Å². The van der Waals surface area contributed by atoms with Crippen LogP contribution < -0.4 is 5.73 Å². The first-order chi connectivity index (χ1) is 10.1. The highest BCUT2D eigenvalue weighted by Crippen LogP contribution is 2.24. The molecule has 2 N–H and O–H groups in total. The zero-order valence-corrected chi connectivity index (χ0v) is 11.3. The lowest BCUT2D eigenvalue weighted by Crippen LogP contribution is -2.11. The third-order valence-corrected chi connectivity index (χ3v) is 2.81. The molecule has 0 saturated carbocycles. The van der Waals surface area contributed by atoms with Crippen molar-refractivity contribution in [1.29, 1.82) is 0 Å². The molecule has 2 rings (SSSR count). The normalized spacial score (nSPS) is 9.71. The number of hydrogen-bond donors (Lipinski definition) is 1. The van der Waals surface area contributed by atoms with Gasteiger partial charge in [0.25, 0.3) is 0 Å². The maximum Gasteiger partial charge on any atom is 0.357 e. The second-order valence-corrected chi connectivity index (χ2v) is 4.05. The highest BCUT2D eigenvalue weighted by atomic mass is 16.5. The van der Waals surface area contributed by atoms with E-state index in [4.69, 9.17) is 12.3 Å². The zero-order valence-electron chi connectivity index (χ0n) is 11.3. The molecule has 0 spiro atoms. The van der Waals surface area contributed by atoms with E-state index in [0.29, 0.717) is 16.8 Å². The van der Waals surface area contributed by atoms with Crippen LogP contribution in [-0.2, 0) is 4.74 Å². The number of aromatic nitrogens is 2. The summed E-state index contributed by atoms with van der Waals surface area (Å²) in [7, 11) is 1.26. The van der Waals surface area contributed by atoms with Crippen molar-refractivity contribution in [3.8, 4) is 11.4 Å². The molecule has 0 aliphatic heterocycles. The number of anilines is 1. The number of hydrogen-bond acceptors (Lipinski definition) is 5. The van der Waals surface area contributed by atoms with Gasteiger partial charge in [0.05, 0.1) is 13.7 Å². The molecule has 1 heterocycles. The van der Waals surface area contributed by atoms with E-state index in [9.17, 15) is 4.79 Å². The van der Waals surface area contributed by atoms with E-state index in [0.717, 1.165) is 0 Å². The highest BCUT2D eigenvalue weighted by Gasteiger charge is 2.18. The van der Waals surface area contributed by atoms with Crippen LogP contribution in [0.2, 0.25) is 0 Å². The number of esters is 1. The molecule has 0 unspecified atom stereocenters. The number of benzene rings is 1. The van der Waals surface area contributed by atoms with Crippen LogP contribution in [0.4, 0.5) is 11.5 Å². The summed E-state index contributed by atoms with van der Waals surface area (Å²) in [4.78, 5) is 23.4. The van der Waals surface area contributed by atoms with Gasteiger partial charge in [0, 0.05) is 11.1 Å². The Hall–Kier alpha value is -3.20. The molecule has 0 fully saturated rings. The summed E-state index contributed by atoms with van der Waals surface area (Å²) in [6.07, 6.45) is 1.41. The van der Waals surface area contributed by atoms with Gasteiger partial charge in [-0.2, -0.15) is 0 Å². The Bertz CT molecular complexity index is 746. The molecule has 0 aliphatic rings. The van der Waals surface area contributed by atoms with Gasteiger partial charge in [0.15, 0.2) is 17.2 Å². The molecule has 0 amide bonds. The molecule has 0 bridgehead atoms. The number of carbonyl (C=O) groups is 1. The van der Waals surface area contributed by atoms with Gasteiger partial charge >= 0.3 is 5.97 Å². The van der Waals surface area contributed by atoms with Crippen LogP contribution in [0.25, 0.3) is 22.3 Å². The number of nitrogens with zero attached hydrogens (tertiary/aromatic N) is 3. The first-order valence-corrected chi connectivity index (χ1v) is 5.97. The predicted octanol–water partition coefficient (Wildman–Crippen LogP) is 2.71. The Morgan fingerprint density at radius 2 is 2.05 bits per heavy atom. The Balaban J connectivity index is 2.59. The van der Waals surface area contributed by atoms with Crippen LogP contribution in [0.15, 0.2) is 30.8 Å². The molecular formula is C15H12N4O2. The second-order valence-electron chi connectivity index (χ2n) is 4.05. The first kappa shape index (κ1) is 14.2. The first-order valence-electron chi connectivity index (χ1n) is 5.97. The summed E-state index contributed by atoms with van der Waals surface area (Å²) in [5, 5.41) is 0. The van der Waals surface area contributed by atoms with Gasteiger partial charge in [-0.05, 0) is 0 Å². The number of rotatable bonds is 3. The van der Waals surface area contributed by atoms with Crippen LogP contribution in [-0.4, -0.2) is 23.0 Å². The Labute approximate surface area is 121 Å². The van der Waals surface area contributed by atoms with Crippen molar-refractivity contribution < 1.29 is 9.53 Å². The lowest BCUT2D eigenvalue weighted by atomic mass is 10.1. The van der Waals surface area contributed by atoms with E-state index >= 15 is 0 Å². The monoisotopic (exact) mass is 280 g/mol. The Kier molecular flexibility index (Phi) is 3.95. The minimum atomic E-state index is -0.613. The third kappa shape index (κ3) is 2.72. The summed E-state index contributed by atoms with van der Waals surface area (Å²) >= 11 is 0. The van der Waals surface area contributed by atoms with E-state index in [1.165, 1.54) is 13.2 Å². The molecule has 0 saturated heterocycles. The number of nitrogen functional groups attached to an aromatic ring is 1. The van der Waals surface area contributed by atoms with Crippen molar-refractivity contribution in [2.45, 2.75) is 0 Å². The van der Waals surface area contributed by atoms with Crippen molar-refractivity contribution >= 4 is 23.6 Å². The largest absolute Gasteiger partial charge is 0.464 e. The lowest BCUT2D eigenvalue weighted by molar-refractivity contribution is 0.0594. The minimum absolute atomic E-state index is 0.0595. The molecule has 2 aromatic rings. The second kappa shape index (κ2) is 5.84. The molecule has 6 heteroatoms. The highest BCUT2D eigenvalue weighted by molar-refractivity contribution is 5.93. The van der Waals surface area contributed by atoms with Crippen LogP contribution >= 0.6 is 0 Å². The number of methoxy groups -OCH3 is 1. The van der Waals surface area contributed by atoms with Crippen molar-refractivity contribution in [3.05, 3.63) is 53.5 Å². The van der Waals surface area contributed by atoms with Crippen LogP contribution in [0, 0.1) is 6.57 Å². The van der Waals surface area contributed by atoms with Crippen LogP contribution in [0.5, 0.6) is 0 Å². The van der Waals surface area contributed by atoms with Gasteiger partial charge < -0.3 is 10.5 Å². The van der Waals surface area contributed by atoms with E-state index in [2.05, 4.69) is 26.1 Å². The topological polar surface area (TPSA) is 82.5 Å². The molecule has 1 aromatic carbocycles. The SMILES string of the molecule is [C-]#[N+]c1ccc(-c2nc(N)c(C=C)c(C(=O)OC)n2)cc1.